The van der Waals surface area contributed by atoms with Crippen molar-refractivity contribution in [2.24, 2.45) is 7.05 Å². The Labute approximate surface area is 140 Å². The lowest BCUT2D eigenvalue weighted by atomic mass is 9.98. The van der Waals surface area contributed by atoms with Crippen molar-refractivity contribution < 1.29 is 13.6 Å². The first-order chi connectivity index (χ1) is 11.1. The monoisotopic (exact) mass is 336 g/mol. The Morgan fingerprint density at radius 1 is 1.25 bits per heavy atom. The third-order valence-corrected chi connectivity index (χ3v) is 4.12. The number of benzene rings is 1. The number of amides is 1. The Kier molecular flexibility index (Phi) is 4.91. The van der Waals surface area contributed by atoms with Gasteiger partial charge in [-0.05, 0) is 32.9 Å². The summed E-state index contributed by atoms with van der Waals surface area (Å²) >= 11 is 0. The normalized spacial score (nSPS) is 12.2. The summed E-state index contributed by atoms with van der Waals surface area (Å²) in [5.74, 6) is -2.28. The van der Waals surface area contributed by atoms with Gasteiger partial charge in [-0.15, -0.1) is 0 Å². The fraction of sp³-hybridized carbons (Fsp3) is 0.412. The maximum absolute atomic E-state index is 14.0. The summed E-state index contributed by atoms with van der Waals surface area (Å²) in [6.07, 6.45) is 0. The summed E-state index contributed by atoms with van der Waals surface area (Å²) in [7, 11) is 4.91. The molecule has 1 amide bonds. The molecule has 1 atom stereocenters. The van der Waals surface area contributed by atoms with Gasteiger partial charge in [0.2, 0.25) is 5.91 Å². The van der Waals surface area contributed by atoms with E-state index in [0.717, 1.165) is 29.1 Å². The lowest BCUT2D eigenvalue weighted by molar-refractivity contribution is -0.117. The van der Waals surface area contributed by atoms with Crippen LogP contribution in [0.1, 0.15) is 29.8 Å². The van der Waals surface area contributed by atoms with Crippen molar-refractivity contribution in [3.05, 3.63) is 40.7 Å². The lowest BCUT2D eigenvalue weighted by Gasteiger charge is -2.17. The molecule has 0 saturated heterocycles. The van der Waals surface area contributed by atoms with E-state index in [1.165, 1.54) is 4.90 Å². The van der Waals surface area contributed by atoms with E-state index >= 15 is 0 Å². The number of nitrogens with zero attached hydrogens (tertiary/aromatic N) is 3. The van der Waals surface area contributed by atoms with Gasteiger partial charge < -0.3 is 10.2 Å². The molecule has 0 radical (unpaired) electrons. The number of carbonyl (C=O) groups is 1. The van der Waals surface area contributed by atoms with Crippen LogP contribution in [0.4, 0.5) is 20.2 Å². The molecule has 2 rings (SSSR count). The quantitative estimate of drug-likeness (QED) is 0.933. The summed E-state index contributed by atoms with van der Waals surface area (Å²) in [4.78, 5) is 13.8. The summed E-state index contributed by atoms with van der Waals surface area (Å²) in [5.41, 5.74) is 2.42. The molecule has 0 aliphatic rings. The largest absolute Gasteiger partial charge is 0.373 e. The first-order valence-electron chi connectivity index (χ1n) is 7.60. The summed E-state index contributed by atoms with van der Waals surface area (Å²) in [5, 5.41) is 6.87. The van der Waals surface area contributed by atoms with Gasteiger partial charge in [0.15, 0.2) is 11.6 Å². The van der Waals surface area contributed by atoms with Crippen LogP contribution in [0.3, 0.4) is 0 Å². The smallest absolute Gasteiger partial charge is 0.231 e. The minimum atomic E-state index is -0.725. The zero-order chi connectivity index (χ0) is 18.2. The highest BCUT2D eigenvalue weighted by Crippen LogP contribution is 2.28. The molecule has 0 bridgehead atoms. The van der Waals surface area contributed by atoms with E-state index < -0.39 is 17.6 Å². The number of anilines is 2. The van der Waals surface area contributed by atoms with Crippen molar-refractivity contribution in [3.8, 4) is 0 Å². The minimum Gasteiger partial charge on any atom is -0.373 e. The molecular weight excluding hydrogens is 314 g/mol. The second kappa shape index (κ2) is 6.59. The molecule has 0 fully saturated rings. The molecule has 0 aliphatic heterocycles. The number of rotatable bonds is 4. The number of aryl methyl sites for hydroxylation is 2. The molecular formula is C17H22F2N4O. The molecule has 1 N–H and O–H groups in total. The molecule has 1 aromatic heterocycles. The van der Waals surface area contributed by atoms with E-state index in [1.807, 2.05) is 13.8 Å². The van der Waals surface area contributed by atoms with Gasteiger partial charge >= 0.3 is 0 Å². The second-order valence-corrected chi connectivity index (χ2v) is 6.10. The topological polar surface area (TPSA) is 50.2 Å². The fourth-order valence-electron chi connectivity index (χ4n) is 2.86. The maximum atomic E-state index is 14.0. The molecule has 2 aromatic rings. The number of nitrogens with one attached hydrogen (secondary N) is 1. The number of carbonyl (C=O) groups excluding carboxylic acids is 1. The predicted molar refractivity (Wildman–Crippen MR) is 90.4 cm³/mol. The average Bonchev–Trinajstić information content (AvgIpc) is 2.70. The van der Waals surface area contributed by atoms with E-state index in [9.17, 15) is 13.6 Å². The van der Waals surface area contributed by atoms with Gasteiger partial charge in [0.05, 0.1) is 11.6 Å². The molecule has 5 nitrogen and oxygen atoms in total. The number of halogens is 2. The average molecular weight is 336 g/mol. The molecule has 0 spiro atoms. The molecule has 0 aliphatic carbocycles. The van der Waals surface area contributed by atoms with Gasteiger partial charge in [0.25, 0.3) is 0 Å². The summed E-state index contributed by atoms with van der Waals surface area (Å²) in [6, 6.07) is 2.23. The van der Waals surface area contributed by atoms with Crippen molar-refractivity contribution in [1.29, 1.82) is 0 Å². The van der Waals surface area contributed by atoms with Crippen molar-refractivity contribution >= 4 is 17.3 Å². The Hall–Kier alpha value is -2.44. The van der Waals surface area contributed by atoms with Crippen molar-refractivity contribution in [2.45, 2.75) is 26.7 Å². The highest BCUT2D eigenvalue weighted by Gasteiger charge is 2.23. The van der Waals surface area contributed by atoms with Crippen LogP contribution >= 0.6 is 0 Å². The summed E-state index contributed by atoms with van der Waals surface area (Å²) in [6.45, 7) is 5.45. The molecule has 24 heavy (non-hydrogen) atoms. The standard InChI is InChI=1S/C17H22F2N4O/c1-9(15-10(2)21-23(6)11(15)3)17(24)20-12-7-13(18)16(22(4)5)14(19)8-12/h7-9H,1-6H3,(H,20,24)/t9-/m0/s1. The molecule has 7 heteroatoms. The van der Waals surface area contributed by atoms with Crippen molar-refractivity contribution in [2.75, 3.05) is 24.3 Å². The zero-order valence-corrected chi connectivity index (χ0v) is 14.7. The second-order valence-electron chi connectivity index (χ2n) is 6.10. The number of hydrogen-bond acceptors (Lipinski definition) is 3. The van der Waals surface area contributed by atoms with Crippen LogP contribution in [0.15, 0.2) is 12.1 Å². The molecule has 130 valence electrons. The Morgan fingerprint density at radius 3 is 2.21 bits per heavy atom. The van der Waals surface area contributed by atoms with Crippen LogP contribution in [-0.2, 0) is 11.8 Å². The van der Waals surface area contributed by atoms with E-state index in [-0.39, 0.29) is 17.3 Å². The Bertz CT molecular complexity index is 760. The molecule has 1 aromatic carbocycles. The van der Waals surface area contributed by atoms with Crippen LogP contribution in [0, 0.1) is 25.5 Å². The zero-order valence-electron chi connectivity index (χ0n) is 14.7. The van der Waals surface area contributed by atoms with Gasteiger partial charge in [0, 0.05) is 38.1 Å². The van der Waals surface area contributed by atoms with Crippen LogP contribution in [0.25, 0.3) is 0 Å². The van der Waals surface area contributed by atoms with Gasteiger partial charge in [-0.3, -0.25) is 9.48 Å². The van der Waals surface area contributed by atoms with Crippen LogP contribution in [0.2, 0.25) is 0 Å². The number of aromatic nitrogens is 2. The first kappa shape index (κ1) is 17.9. The van der Waals surface area contributed by atoms with Crippen LogP contribution in [0.5, 0.6) is 0 Å². The fourth-order valence-corrected chi connectivity index (χ4v) is 2.86. The van der Waals surface area contributed by atoms with E-state index in [0.29, 0.717) is 0 Å². The third-order valence-electron chi connectivity index (χ3n) is 4.12. The van der Waals surface area contributed by atoms with Crippen molar-refractivity contribution in [3.63, 3.8) is 0 Å². The number of hydrogen-bond donors (Lipinski definition) is 1. The van der Waals surface area contributed by atoms with Gasteiger partial charge in [-0.2, -0.15) is 5.10 Å². The highest BCUT2D eigenvalue weighted by molar-refractivity contribution is 5.96. The van der Waals surface area contributed by atoms with Gasteiger partial charge in [0.1, 0.15) is 5.69 Å². The Balaban J connectivity index is 2.26. The van der Waals surface area contributed by atoms with E-state index in [4.69, 9.17) is 0 Å². The highest BCUT2D eigenvalue weighted by atomic mass is 19.1. The van der Waals surface area contributed by atoms with Crippen LogP contribution in [-0.4, -0.2) is 29.8 Å². The molecule has 0 saturated carbocycles. The van der Waals surface area contributed by atoms with E-state index in [2.05, 4.69) is 10.4 Å². The van der Waals surface area contributed by atoms with Gasteiger partial charge in [-0.25, -0.2) is 8.78 Å². The maximum Gasteiger partial charge on any atom is 0.231 e. The third kappa shape index (κ3) is 3.25. The predicted octanol–water partition coefficient (Wildman–Crippen LogP) is 3.12. The van der Waals surface area contributed by atoms with Crippen LogP contribution < -0.4 is 10.2 Å². The molecule has 0 unspecified atom stereocenters. The molecule has 1 heterocycles. The van der Waals surface area contributed by atoms with E-state index in [1.54, 1.807) is 32.7 Å². The SMILES string of the molecule is Cc1nn(C)c(C)c1[C@H](C)C(=O)Nc1cc(F)c(N(C)C)c(F)c1. The lowest BCUT2D eigenvalue weighted by Crippen LogP contribution is -2.20. The summed E-state index contributed by atoms with van der Waals surface area (Å²) < 4.78 is 29.8. The van der Waals surface area contributed by atoms with Crippen molar-refractivity contribution in [1.82, 2.24) is 9.78 Å². The van der Waals surface area contributed by atoms with Gasteiger partial charge in [-0.1, -0.05) is 0 Å². The first-order valence-corrected chi connectivity index (χ1v) is 7.60. The Morgan fingerprint density at radius 2 is 1.79 bits per heavy atom. The minimum absolute atomic E-state index is 0.0895.